The van der Waals surface area contributed by atoms with Crippen molar-refractivity contribution in [3.8, 4) is 0 Å². The molecule has 1 saturated heterocycles. The van der Waals surface area contributed by atoms with E-state index in [1.807, 2.05) is 0 Å². The number of rotatable bonds is 4. The van der Waals surface area contributed by atoms with E-state index in [2.05, 4.69) is 10.2 Å². The molecule has 2 N–H and O–H groups in total. The normalized spacial score (nSPS) is 19.1. The standard InChI is InChI=1S/C13H18F2N2O/c14-13(15)11-3-1-2-10(8-11)12(9-18)17-6-4-16-5-7-17/h1-3,8,12-13,16,18H,4-7,9H2. The average Bonchev–Trinajstić information content (AvgIpc) is 2.41. The molecular weight excluding hydrogens is 238 g/mol. The highest BCUT2D eigenvalue weighted by Crippen LogP contribution is 2.25. The topological polar surface area (TPSA) is 35.5 Å². The Hall–Kier alpha value is -1.04. The van der Waals surface area contributed by atoms with Crippen molar-refractivity contribution in [2.24, 2.45) is 0 Å². The number of benzene rings is 1. The van der Waals surface area contributed by atoms with Gasteiger partial charge in [0.2, 0.25) is 0 Å². The van der Waals surface area contributed by atoms with E-state index in [0.717, 1.165) is 31.7 Å². The summed E-state index contributed by atoms with van der Waals surface area (Å²) in [5.74, 6) is 0. The third kappa shape index (κ3) is 3.04. The maximum absolute atomic E-state index is 12.7. The second-order valence-corrected chi connectivity index (χ2v) is 4.46. The van der Waals surface area contributed by atoms with Gasteiger partial charge in [0.05, 0.1) is 12.6 Å². The van der Waals surface area contributed by atoms with Crippen LogP contribution in [0.2, 0.25) is 0 Å². The van der Waals surface area contributed by atoms with Crippen LogP contribution in [-0.2, 0) is 0 Å². The molecule has 100 valence electrons. The number of piperazine rings is 1. The number of aliphatic hydroxyl groups is 1. The highest BCUT2D eigenvalue weighted by atomic mass is 19.3. The van der Waals surface area contributed by atoms with E-state index in [9.17, 15) is 13.9 Å². The molecular formula is C13H18F2N2O. The number of hydrogen-bond acceptors (Lipinski definition) is 3. The summed E-state index contributed by atoms with van der Waals surface area (Å²) in [6.07, 6.45) is -2.47. The molecule has 0 aliphatic carbocycles. The van der Waals surface area contributed by atoms with Crippen LogP contribution in [0, 0.1) is 0 Å². The summed E-state index contributed by atoms with van der Waals surface area (Å²) < 4.78 is 25.3. The smallest absolute Gasteiger partial charge is 0.263 e. The second-order valence-electron chi connectivity index (χ2n) is 4.46. The van der Waals surface area contributed by atoms with Crippen LogP contribution in [0.25, 0.3) is 0 Å². The van der Waals surface area contributed by atoms with Gasteiger partial charge in [-0.25, -0.2) is 8.78 Å². The average molecular weight is 256 g/mol. The first-order valence-corrected chi connectivity index (χ1v) is 6.16. The summed E-state index contributed by atoms with van der Waals surface area (Å²) in [6.45, 7) is 3.33. The molecule has 1 fully saturated rings. The summed E-state index contributed by atoms with van der Waals surface area (Å²) in [6, 6.07) is 6.15. The van der Waals surface area contributed by atoms with Crippen LogP contribution in [0.1, 0.15) is 23.6 Å². The van der Waals surface area contributed by atoms with Gasteiger partial charge >= 0.3 is 0 Å². The zero-order valence-corrected chi connectivity index (χ0v) is 10.1. The van der Waals surface area contributed by atoms with Gasteiger partial charge in [-0.2, -0.15) is 0 Å². The number of alkyl halides is 2. The number of nitrogens with zero attached hydrogens (tertiary/aromatic N) is 1. The van der Waals surface area contributed by atoms with Crippen molar-refractivity contribution in [2.75, 3.05) is 32.8 Å². The molecule has 1 heterocycles. The van der Waals surface area contributed by atoms with Crippen molar-refractivity contribution in [1.29, 1.82) is 0 Å². The highest BCUT2D eigenvalue weighted by Gasteiger charge is 2.22. The summed E-state index contributed by atoms with van der Waals surface area (Å²) in [5.41, 5.74) is 0.776. The third-order valence-corrected chi connectivity index (χ3v) is 3.31. The molecule has 3 nitrogen and oxygen atoms in total. The van der Waals surface area contributed by atoms with Gasteiger partial charge in [0.1, 0.15) is 0 Å². The molecule has 0 amide bonds. The Morgan fingerprint density at radius 2 is 1.89 bits per heavy atom. The molecule has 1 aliphatic rings. The van der Waals surface area contributed by atoms with Gasteiger partial charge in [-0.3, -0.25) is 4.90 Å². The predicted molar refractivity (Wildman–Crippen MR) is 65.7 cm³/mol. The second kappa shape index (κ2) is 6.22. The summed E-state index contributed by atoms with van der Waals surface area (Å²) >= 11 is 0. The Balaban J connectivity index is 2.18. The van der Waals surface area contributed by atoms with E-state index in [1.54, 1.807) is 12.1 Å². The van der Waals surface area contributed by atoms with Gasteiger partial charge in [-0.1, -0.05) is 18.2 Å². The van der Waals surface area contributed by atoms with Crippen molar-refractivity contribution in [1.82, 2.24) is 10.2 Å². The predicted octanol–water partition coefficient (Wildman–Crippen LogP) is 1.56. The maximum Gasteiger partial charge on any atom is 0.263 e. The number of hydrogen-bond donors (Lipinski definition) is 2. The molecule has 5 heteroatoms. The van der Waals surface area contributed by atoms with Gasteiger partial charge in [-0.05, 0) is 11.6 Å². The summed E-state index contributed by atoms with van der Waals surface area (Å²) in [5, 5.41) is 12.7. The monoisotopic (exact) mass is 256 g/mol. The summed E-state index contributed by atoms with van der Waals surface area (Å²) in [7, 11) is 0. The summed E-state index contributed by atoms with van der Waals surface area (Å²) in [4.78, 5) is 2.13. The Kier molecular flexibility index (Phi) is 4.63. The first-order valence-electron chi connectivity index (χ1n) is 6.16. The van der Waals surface area contributed by atoms with Crippen molar-refractivity contribution in [3.63, 3.8) is 0 Å². The molecule has 2 rings (SSSR count). The minimum Gasteiger partial charge on any atom is -0.394 e. The van der Waals surface area contributed by atoms with E-state index in [4.69, 9.17) is 0 Å². The minimum absolute atomic E-state index is 0.0149. The molecule has 18 heavy (non-hydrogen) atoms. The van der Waals surface area contributed by atoms with Gasteiger partial charge < -0.3 is 10.4 Å². The first kappa shape index (κ1) is 13.4. The fraction of sp³-hybridized carbons (Fsp3) is 0.538. The zero-order chi connectivity index (χ0) is 13.0. The Bertz CT molecular complexity index is 381. The molecule has 1 atom stereocenters. The van der Waals surface area contributed by atoms with Crippen molar-refractivity contribution >= 4 is 0 Å². The fourth-order valence-electron chi connectivity index (χ4n) is 2.33. The number of aliphatic hydroxyl groups excluding tert-OH is 1. The van der Waals surface area contributed by atoms with Gasteiger partial charge in [0.15, 0.2) is 0 Å². The van der Waals surface area contributed by atoms with E-state index >= 15 is 0 Å². The van der Waals surface area contributed by atoms with Crippen molar-refractivity contribution < 1.29 is 13.9 Å². The minimum atomic E-state index is -2.47. The number of nitrogens with one attached hydrogen (secondary N) is 1. The van der Waals surface area contributed by atoms with Crippen LogP contribution in [0.4, 0.5) is 8.78 Å². The molecule has 1 aromatic rings. The lowest BCUT2D eigenvalue weighted by Gasteiger charge is -2.34. The quantitative estimate of drug-likeness (QED) is 0.858. The molecule has 0 aromatic heterocycles. The molecule has 1 unspecified atom stereocenters. The van der Waals surface area contributed by atoms with Crippen molar-refractivity contribution in [2.45, 2.75) is 12.5 Å². The first-order chi connectivity index (χ1) is 8.72. The van der Waals surface area contributed by atoms with E-state index in [1.165, 1.54) is 12.1 Å². The molecule has 0 spiro atoms. The molecule has 0 bridgehead atoms. The van der Waals surface area contributed by atoms with E-state index < -0.39 is 6.43 Å². The lowest BCUT2D eigenvalue weighted by atomic mass is 10.0. The lowest BCUT2D eigenvalue weighted by molar-refractivity contribution is 0.110. The van der Waals surface area contributed by atoms with E-state index in [0.29, 0.717) is 0 Å². The highest BCUT2D eigenvalue weighted by molar-refractivity contribution is 5.27. The fourth-order valence-corrected chi connectivity index (χ4v) is 2.33. The lowest BCUT2D eigenvalue weighted by Crippen LogP contribution is -2.46. The third-order valence-electron chi connectivity index (χ3n) is 3.31. The van der Waals surface area contributed by atoms with Gasteiger partial charge in [0, 0.05) is 31.7 Å². The molecule has 1 aromatic carbocycles. The Morgan fingerprint density at radius 1 is 1.22 bits per heavy atom. The maximum atomic E-state index is 12.7. The van der Waals surface area contributed by atoms with Gasteiger partial charge in [0.25, 0.3) is 6.43 Å². The van der Waals surface area contributed by atoms with Crippen LogP contribution in [-0.4, -0.2) is 42.8 Å². The largest absolute Gasteiger partial charge is 0.394 e. The van der Waals surface area contributed by atoms with Crippen LogP contribution in [0.15, 0.2) is 24.3 Å². The number of halogens is 2. The van der Waals surface area contributed by atoms with Gasteiger partial charge in [-0.15, -0.1) is 0 Å². The Labute approximate surface area is 105 Å². The molecule has 0 radical (unpaired) electrons. The van der Waals surface area contributed by atoms with Crippen LogP contribution < -0.4 is 5.32 Å². The van der Waals surface area contributed by atoms with Crippen LogP contribution in [0.3, 0.4) is 0 Å². The SMILES string of the molecule is OCC(c1cccc(C(F)F)c1)N1CCNCC1. The zero-order valence-electron chi connectivity index (χ0n) is 10.1. The Morgan fingerprint density at radius 3 is 2.50 bits per heavy atom. The van der Waals surface area contributed by atoms with Crippen LogP contribution >= 0.6 is 0 Å². The molecule has 1 aliphatic heterocycles. The van der Waals surface area contributed by atoms with Crippen LogP contribution in [0.5, 0.6) is 0 Å². The van der Waals surface area contributed by atoms with Crippen molar-refractivity contribution in [3.05, 3.63) is 35.4 Å². The molecule has 0 saturated carbocycles. The van der Waals surface area contributed by atoms with E-state index in [-0.39, 0.29) is 18.2 Å².